The summed E-state index contributed by atoms with van der Waals surface area (Å²) in [5, 5.41) is 12.2. The Morgan fingerprint density at radius 1 is 1.12 bits per heavy atom. The predicted octanol–water partition coefficient (Wildman–Crippen LogP) is 3.32. The minimum absolute atomic E-state index is 0.330. The van der Waals surface area contributed by atoms with Crippen molar-refractivity contribution in [3.05, 3.63) is 60.7 Å². The lowest BCUT2D eigenvalue weighted by molar-refractivity contribution is 0.179. The molecule has 0 radical (unpaired) electrons. The molecular formula is C15H16O. The van der Waals surface area contributed by atoms with Crippen LogP contribution >= 0.6 is 0 Å². The molecule has 0 fully saturated rings. The molecule has 0 heterocycles. The summed E-state index contributed by atoms with van der Waals surface area (Å²) < 4.78 is 0. The molecule has 2 aromatic rings. The highest BCUT2D eigenvalue weighted by Crippen LogP contribution is 2.20. The fourth-order valence-electron chi connectivity index (χ4n) is 2.00. The molecule has 1 nitrogen and oxygen atoms in total. The van der Waals surface area contributed by atoms with Crippen molar-refractivity contribution in [3.8, 4) is 0 Å². The predicted molar refractivity (Wildman–Crippen MR) is 68.5 cm³/mol. The first-order valence-electron chi connectivity index (χ1n) is 5.57. The second kappa shape index (κ2) is 4.95. The maximum atomic E-state index is 9.79. The summed E-state index contributed by atoms with van der Waals surface area (Å²) in [5.74, 6) is 0. The van der Waals surface area contributed by atoms with Gasteiger partial charge in [0.2, 0.25) is 0 Å². The minimum Gasteiger partial charge on any atom is -0.392 e. The Balaban J connectivity index is 2.33. The van der Waals surface area contributed by atoms with Gasteiger partial charge in [0.05, 0.1) is 6.10 Å². The second-order valence-corrected chi connectivity index (χ2v) is 4.02. The monoisotopic (exact) mass is 212 g/mol. The summed E-state index contributed by atoms with van der Waals surface area (Å²) in [5.41, 5.74) is 1.20. The van der Waals surface area contributed by atoms with Crippen molar-refractivity contribution in [3.63, 3.8) is 0 Å². The third-order valence-corrected chi connectivity index (χ3v) is 2.77. The molecular weight excluding hydrogens is 196 g/mol. The van der Waals surface area contributed by atoms with Crippen molar-refractivity contribution >= 4 is 10.8 Å². The summed E-state index contributed by atoms with van der Waals surface area (Å²) in [6, 6.07) is 14.5. The summed E-state index contributed by atoms with van der Waals surface area (Å²) in [4.78, 5) is 0. The van der Waals surface area contributed by atoms with Crippen LogP contribution in [0.2, 0.25) is 0 Å². The van der Waals surface area contributed by atoms with Crippen molar-refractivity contribution in [1.29, 1.82) is 0 Å². The van der Waals surface area contributed by atoms with E-state index in [-0.39, 0.29) is 6.10 Å². The average molecular weight is 212 g/mol. The van der Waals surface area contributed by atoms with Gasteiger partial charge < -0.3 is 5.11 Å². The zero-order chi connectivity index (χ0) is 11.4. The number of fused-ring (bicyclic) bond motifs is 1. The van der Waals surface area contributed by atoms with Crippen LogP contribution in [0, 0.1) is 0 Å². The highest BCUT2D eigenvalue weighted by molar-refractivity contribution is 5.85. The van der Waals surface area contributed by atoms with Gasteiger partial charge in [0.1, 0.15) is 0 Å². The van der Waals surface area contributed by atoms with Gasteiger partial charge in [0, 0.05) is 0 Å². The molecule has 1 unspecified atom stereocenters. The molecule has 0 amide bonds. The highest BCUT2D eigenvalue weighted by Gasteiger charge is 2.06. The van der Waals surface area contributed by atoms with Gasteiger partial charge in [0.25, 0.3) is 0 Å². The van der Waals surface area contributed by atoms with Crippen molar-refractivity contribution < 1.29 is 5.11 Å². The van der Waals surface area contributed by atoms with E-state index >= 15 is 0 Å². The molecule has 0 aliphatic rings. The fourth-order valence-corrected chi connectivity index (χ4v) is 2.00. The summed E-state index contributed by atoms with van der Waals surface area (Å²) >= 11 is 0. The molecule has 0 aliphatic carbocycles. The standard InChI is InChI=1S/C15H16O/c1-2-6-14(16)11-13-9-5-8-12-7-3-4-10-15(12)13/h2-5,7-10,14,16H,1,6,11H2. The quantitative estimate of drug-likeness (QED) is 0.771. The average Bonchev–Trinajstić information content (AvgIpc) is 2.30. The van der Waals surface area contributed by atoms with Gasteiger partial charge >= 0.3 is 0 Å². The lowest BCUT2D eigenvalue weighted by atomic mass is 9.99. The van der Waals surface area contributed by atoms with Crippen molar-refractivity contribution in [2.75, 3.05) is 0 Å². The number of benzene rings is 2. The maximum absolute atomic E-state index is 9.79. The first-order chi connectivity index (χ1) is 7.81. The highest BCUT2D eigenvalue weighted by atomic mass is 16.3. The first kappa shape index (κ1) is 10.9. The van der Waals surface area contributed by atoms with E-state index in [1.165, 1.54) is 16.3 Å². The third kappa shape index (κ3) is 2.31. The number of aliphatic hydroxyl groups is 1. The molecule has 0 saturated heterocycles. The molecule has 2 aromatic carbocycles. The van der Waals surface area contributed by atoms with Crippen LogP contribution in [0.1, 0.15) is 12.0 Å². The Labute approximate surface area is 96.0 Å². The maximum Gasteiger partial charge on any atom is 0.0615 e. The van der Waals surface area contributed by atoms with Crippen LogP contribution < -0.4 is 0 Å². The van der Waals surface area contributed by atoms with Crippen LogP contribution in [0.25, 0.3) is 10.8 Å². The van der Waals surface area contributed by atoms with Gasteiger partial charge in [-0.15, -0.1) is 6.58 Å². The third-order valence-electron chi connectivity index (χ3n) is 2.77. The van der Waals surface area contributed by atoms with Crippen LogP contribution in [0.3, 0.4) is 0 Å². The molecule has 1 atom stereocenters. The van der Waals surface area contributed by atoms with Gasteiger partial charge in [-0.2, -0.15) is 0 Å². The summed E-state index contributed by atoms with van der Waals surface area (Å²) in [6.07, 6.45) is 2.76. The molecule has 0 saturated carbocycles. The number of aliphatic hydroxyl groups excluding tert-OH is 1. The van der Waals surface area contributed by atoms with E-state index in [2.05, 4.69) is 30.8 Å². The Morgan fingerprint density at radius 2 is 1.88 bits per heavy atom. The Hall–Kier alpha value is -1.60. The number of hydrogen-bond donors (Lipinski definition) is 1. The van der Waals surface area contributed by atoms with Gasteiger partial charge in [-0.3, -0.25) is 0 Å². The number of hydrogen-bond acceptors (Lipinski definition) is 1. The van der Waals surface area contributed by atoms with Gasteiger partial charge in [0.15, 0.2) is 0 Å². The summed E-state index contributed by atoms with van der Waals surface area (Å²) in [6.45, 7) is 3.64. The largest absolute Gasteiger partial charge is 0.392 e. The molecule has 0 spiro atoms. The van der Waals surface area contributed by atoms with Crippen molar-refractivity contribution in [1.82, 2.24) is 0 Å². The fraction of sp³-hybridized carbons (Fsp3) is 0.200. The van der Waals surface area contributed by atoms with Crippen LogP contribution in [-0.2, 0) is 6.42 Å². The normalized spacial score (nSPS) is 12.6. The van der Waals surface area contributed by atoms with E-state index < -0.39 is 0 Å². The van der Waals surface area contributed by atoms with Gasteiger partial charge in [-0.25, -0.2) is 0 Å². The van der Waals surface area contributed by atoms with Crippen LogP contribution in [0.5, 0.6) is 0 Å². The Morgan fingerprint density at radius 3 is 2.69 bits per heavy atom. The zero-order valence-corrected chi connectivity index (χ0v) is 9.26. The van der Waals surface area contributed by atoms with Crippen LogP contribution in [-0.4, -0.2) is 11.2 Å². The van der Waals surface area contributed by atoms with Crippen LogP contribution in [0.15, 0.2) is 55.1 Å². The van der Waals surface area contributed by atoms with E-state index in [1.807, 2.05) is 18.2 Å². The molecule has 0 bridgehead atoms. The first-order valence-corrected chi connectivity index (χ1v) is 5.57. The van der Waals surface area contributed by atoms with Crippen molar-refractivity contribution in [2.24, 2.45) is 0 Å². The SMILES string of the molecule is C=CCC(O)Cc1cccc2ccccc12. The molecule has 1 N–H and O–H groups in total. The lowest BCUT2D eigenvalue weighted by Gasteiger charge is -2.10. The van der Waals surface area contributed by atoms with Crippen molar-refractivity contribution in [2.45, 2.75) is 18.9 Å². The smallest absolute Gasteiger partial charge is 0.0615 e. The topological polar surface area (TPSA) is 20.2 Å². The zero-order valence-electron chi connectivity index (χ0n) is 9.26. The Kier molecular flexibility index (Phi) is 3.37. The molecule has 16 heavy (non-hydrogen) atoms. The molecule has 82 valence electrons. The molecule has 0 aliphatic heterocycles. The van der Waals surface area contributed by atoms with Gasteiger partial charge in [-0.1, -0.05) is 48.5 Å². The molecule has 1 heteroatoms. The minimum atomic E-state index is -0.330. The van der Waals surface area contributed by atoms with E-state index in [4.69, 9.17) is 0 Å². The van der Waals surface area contributed by atoms with E-state index in [1.54, 1.807) is 6.08 Å². The lowest BCUT2D eigenvalue weighted by Crippen LogP contribution is -2.09. The van der Waals surface area contributed by atoms with E-state index in [0.717, 1.165) is 0 Å². The summed E-state index contributed by atoms with van der Waals surface area (Å²) in [7, 11) is 0. The Bertz CT molecular complexity index is 482. The van der Waals surface area contributed by atoms with Crippen LogP contribution in [0.4, 0.5) is 0 Å². The number of rotatable bonds is 4. The second-order valence-electron chi connectivity index (χ2n) is 4.02. The molecule has 0 aromatic heterocycles. The van der Waals surface area contributed by atoms with E-state index in [9.17, 15) is 5.11 Å². The van der Waals surface area contributed by atoms with E-state index in [0.29, 0.717) is 12.8 Å². The molecule has 2 rings (SSSR count). The van der Waals surface area contributed by atoms with Gasteiger partial charge in [-0.05, 0) is 29.2 Å².